The first-order valence-corrected chi connectivity index (χ1v) is 7.31. The molecule has 1 aromatic carbocycles. The normalized spacial score (nSPS) is 12.6. The van der Waals surface area contributed by atoms with E-state index in [-0.39, 0.29) is 0 Å². The topological polar surface area (TPSA) is 78.9 Å². The minimum atomic E-state index is 0.493. The number of ether oxygens (including phenoxy) is 1. The van der Waals surface area contributed by atoms with Gasteiger partial charge >= 0.3 is 0 Å². The lowest BCUT2D eigenvalue weighted by Crippen LogP contribution is -2.15. The molecule has 1 atom stereocenters. The van der Waals surface area contributed by atoms with E-state index in [9.17, 15) is 0 Å². The number of hydrogen-bond donors (Lipinski definition) is 1. The van der Waals surface area contributed by atoms with Crippen LogP contribution in [-0.4, -0.2) is 26.8 Å². The zero-order valence-electron chi connectivity index (χ0n) is 13.1. The van der Waals surface area contributed by atoms with Crippen LogP contribution in [0.3, 0.4) is 0 Å². The number of aromatic nitrogens is 4. The van der Waals surface area contributed by atoms with E-state index in [1.54, 1.807) is 0 Å². The molecule has 0 bridgehead atoms. The van der Waals surface area contributed by atoms with Crippen LogP contribution in [0.25, 0.3) is 11.4 Å². The molecule has 0 saturated heterocycles. The van der Waals surface area contributed by atoms with Gasteiger partial charge in [0.2, 0.25) is 0 Å². The first-order chi connectivity index (χ1) is 10.0. The fourth-order valence-corrected chi connectivity index (χ4v) is 1.99. The van der Waals surface area contributed by atoms with Gasteiger partial charge in [0.05, 0.1) is 12.3 Å². The number of hydrogen-bond acceptors (Lipinski definition) is 5. The largest absolute Gasteiger partial charge is 0.492 e. The maximum atomic E-state index is 6.01. The van der Waals surface area contributed by atoms with Crippen molar-refractivity contribution in [2.45, 2.75) is 34.2 Å². The summed E-state index contributed by atoms with van der Waals surface area (Å²) >= 11 is 0. The first kappa shape index (κ1) is 15.3. The van der Waals surface area contributed by atoms with Crippen molar-refractivity contribution in [3.8, 4) is 17.1 Å². The van der Waals surface area contributed by atoms with Gasteiger partial charge in [-0.1, -0.05) is 20.8 Å². The molecule has 1 heterocycles. The van der Waals surface area contributed by atoms with E-state index in [0.717, 1.165) is 17.9 Å². The molecule has 114 valence electrons. The monoisotopic (exact) mass is 289 g/mol. The third-order valence-corrected chi connectivity index (χ3v) is 3.70. The van der Waals surface area contributed by atoms with Crippen molar-refractivity contribution < 1.29 is 4.74 Å². The van der Waals surface area contributed by atoms with Gasteiger partial charge in [0.15, 0.2) is 5.82 Å². The summed E-state index contributed by atoms with van der Waals surface area (Å²) in [6.45, 7) is 9.90. The van der Waals surface area contributed by atoms with Gasteiger partial charge in [0, 0.05) is 12.1 Å². The fourth-order valence-electron chi connectivity index (χ4n) is 1.99. The molecule has 6 nitrogen and oxygen atoms in total. The number of nitrogen functional groups attached to an aromatic ring is 1. The van der Waals surface area contributed by atoms with E-state index in [1.165, 1.54) is 0 Å². The molecule has 0 fully saturated rings. The van der Waals surface area contributed by atoms with E-state index >= 15 is 0 Å². The number of anilines is 1. The van der Waals surface area contributed by atoms with Crippen LogP contribution in [-0.2, 0) is 6.54 Å². The van der Waals surface area contributed by atoms with Gasteiger partial charge in [-0.3, -0.25) is 0 Å². The summed E-state index contributed by atoms with van der Waals surface area (Å²) in [5.41, 5.74) is 7.51. The maximum absolute atomic E-state index is 6.01. The van der Waals surface area contributed by atoms with Crippen LogP contribution >= 0.6 is 0 Å². The maximum Gasteiger partial charge on any atom is 0.182 e. The first-order valence-electron chi connectivity index (χ1n) is 7.31. The molecule has 1 unspecified atom stereocenters. The van der Waals surface area contributed by atoms with E-state index in [1.807, 2.05) is 29.8 Å². The van der Waals surface area contributed by atoms with E-state index in [0.29, 0.717) is 29.9 Å². The van der Waals surface area contributed by atoms with Crippen LogP contribution in [0.15, 0.2) is 18.2 Å². The minimum Gasteiger partial charge on any atom is -0.492 e. The number of tetrazole rings is 1. The molecular formula is C15H23N5O. The van der Waals surface area contributed by atoms with E-state index < -0.39 is 0 Å². The Balaban J connectivity index is 2.27. The molecule has 2 N–H and O–H groups in total. The number of rotatable bonds is 6. The van der Waals surface area contributed by atoms with Crippen LogP contribution in [0.4, 0.5) is 5.69 Å². The Hall–Kier alpha value is -2.11. The van der Waals surface area contributed by atoms with Crippen LogP contribution in [0, 0.1) is 11.8 Å². The summed E-state index contributed by atoms with van der Waals surface area (Å²) < 4.78 is 7.28. The predicted octanol–water partition coefficient (Wildman–Crippen LogP) is 2.61. The molecule has 0 spiro atoms. The average molecular weight is 289 g/mol. The smallest absolute Gasteiger partial charge is 0.182 e. The highest BCUT2D eigenvalue weighted by Gasteiger charge is 2.15. The molecule has 21 heavy (non-hydrogen) atoms. The highest BCUT2D eigenvalue weighted by molar-refractivity contribution is 5.66. The second kappa shape index (κ2) is 6.56. The Morgan fingerprint density at radius 2 is 2.05 bits per heavy atom. The van der Waals surface area contributed by atoms with Gasteiger partial charge in [-0.25, -0.2) is 4.68 Å². The predicted molar refractivity (Wildman–Crippen MR) is 82.8 cm³/mol. The van der Waals surface area contributed by atoms with Crippen molar-refractivity contribution in [1.82, 2.24) is 20.2 Å². The van der Waals surface area contributed by atoms with E-state index in [2.05, 4.69) is 36.3 Å². The van der Waals surface area contributed by atoms with Gasteiger partial charge in [-0.05, 0) is 47.4 Å². The van der Waals surface area contributed by atoms with Crippen LogP contribution in [0.2, 0.25) is 0 Å². The van der Waals surface area contributed by atoms with Crippen LogP contribution < -0.4 is 10.5 Å². The SMILES string of the molecule is CCOc1ccc(-c2nnnn2CC(C)C(C)C)cc1N. The van der Waals surface area contributed by atoms with Gasteiger partial charge in [0.1, 0.15) is 5.75 Å². The third kappa shape index (κ3) is 3.51. The lowest BCUT2D eigenvalue weighted by molar-refractivity contribution is 0.342. The Bertz CT molecular complexity index is 593. The van der Waals surface area contributed by atoms with Crippen molar-refractivity contribution in [1.29, 1.82) is 0 Å². The molecular weight excluding hydrogens is 266 g/mol. The molecule has 1 aromatic heterocycles. The standard InChI is InChI=1S/C15H23N5O/c1-5-21-14-7-6-12(8-13(14)16)15-17-18-19-20(15)9-11(4)10(2)3/h6-8,10-11H,5,9,16H2,1-4H3. The van der Waals surface area contributed by atoms with Gasteiger partial charge in [-0.2, -0.15) is 0 Å². The van der Waals surface area contributed by atoms with Gasteiger partial charge < -0.3 is 10.5 Å². The van der Waals surface area contributed by atoms with Crippen molar-refractivity contribution in [3.05, 3.63) is 18.2 Å². The third-order valence-electron chi connectivity index (χ3n) is 3.70. The van der Waals surface area contributed by atoms with E-state index in [4.69, 9.17) is 10.5 Å². The number of benzene rings is 1. The Morgan fingerprint density at radius 1 is 1.29 bits per heavy atom. The van der Waals surface area contributed by atoms with Crippen molar-refractivity contribution in [2.75, 3.05) is 12.3 Å². The zero-order chi connectivity index (χ0) is 15.4. The summed E-state index contributed by atoms with van der Waals surface area (Å²) in [6.07, 6.45) is 0. The van der Waals surface area contributed by atoms with Crippen molar-refractivity contribution in [3.63, 3.8) is 0 Å². The molecule has 0 aliphatic carbocycles. The lowest BCUT2D eigenvalue weighted by Gasteiger charge is -2.16. The molecule has 0 aliphatic rings. The summed E-state index contributed by atoms with van der Waals surface area (Å²) in [6, 6.07) is 5.65. The highest BCUT2D eigenvalue weighted by atomic mass is 16.5. The molecule has 2 rings (SSSR count). The summed E-state index contributed by atoms with van der Waals surface area (Å²) in [5, 5.41) is 12.0. The fraction of sp³-hybridized carbons (Fsp3) is 0.533. The average Bonchev–Trinajstić information content (AvgIpc) is 2.89. The summed E-state index contributed by atoms with van der Waals surface area (Å²) in [7, 11) is 0. The molecule has 2 aromatic rings. The second-order valence-electron chi connectivity index (χ2n) is 5.59. The van der Waals surface area contributed by atoms with Crippen LogP contribution in [0.5, 0.6) is 5.75 Å². The Morgan fingerprint density at radius 3 is 2.67 bits per heavy atom. The summed E-state index contributed by atoms with van der Waals surface area (Å²) in [4.78, 5) is 0. The lowest BCUT2D eigenvalue weighted by atomic mass is 9.98. The van der Waals surface area contributed by atoms with Gasteiger partial charge in [-0.15, -0.1) is 5.10 Å². The molecule has 0 aliphatic heterocycles. The molecule has 0 radical (unpaired) electrons. The molecule has 6 heteroatoms. The zero-order valence-corrected chi connectivity index (χ0v) is 13.1. The second-order valence-corrected chi connectivity index (χ2v) is 5.59. The number of nitrogens with two attached hydrogens (primary N) is 1. The summed E-state index contributed by atoms with van der Waals surface area (Å²) in [5.74, 6) is 2.49. The quantitative estimate of drug-likeness (QED) is 0.827. The number of nitrogens with zero attached hydrogens (tertiary/aromatic N) is 4. The Kier molecular flexibility index (Phi) is 4.77. The molecule has 0 amide bonds. The molecule has 0 saturated carbocycles. The Labute approximate surface area is 125 Å². The van der Waals surface area contributed by atoms with Gasteiger partial charge in [0.25, 0.3) is 0 Å². The highest BCUT2D eigenvalue weighted by Crippen LogP contribution is 2.27. The minimum absolute atomic E-state index is 0.493. The van der Waals surface area contributed by atoms with Crippen molar-refractivity contribution in [2.24, 2.45) is 11.8 Å². The van der Waals surface area contributed by atoms with Crippen molar-refractivity contribution >= 4 is 5.69 Å². The van der Waals surface area contributed by atoms with Crippen LogP contribution in [0.1, 0.15) is 27.7 Å².